The van der Waals surface area contributed by atoms with Gasteiger partial charge in [-0.25, -0.2) is 0 Å². The van der Waals surface area contributed by atoms with Crippen molar-refractivity contribution >= 4 is 27.7 Å². The minimum absolute atomic E-state index is 0.641. The van der Waals surface area contributed by atoms with Crippen molar-refractivity contribution in [2.45, 2.75) is 12.3 Å². The molecule has 2 atom stereocenters. The van der Waals surface area contributed by atoms with Gasteiger partial charge >= 0.3 is 0 Å². The van der Waals surface area contributed by atoms with Crippen LogP contribution in [-0.4, -0.2) is 18.1 Å². The molecule has 0 bridgehead atoms. The lowest BCUT2D eigenvalue weighted by molar-refractivity contribution is 0.454. The molecule has 2 N–H and O–H groups in total. The molecule has 1 saturated heterocycles. The van der Waals surface area contributed by atoms with Crippen LogP contribution in [0.5, 0.6) is 0 Å². The molecule has 1 heterocycles. The van der Waals surface area contributed by atoms with Crippen molar-refractivity contribution in [1.29, 1.82) is 0 Å². The second kappa shape index (κ2) is 5.37. The number of halogens is 1. The van der Waals surface area contributed by atoms with E-state index in [-0.39, 0.29) is 0 Å². The van der Waals surface area contributed by atoms with Gasteiger partial charge in [-0.3, -0.25) is 0 Å². The monoisotopic (exact) mass is 285 g/mol. The number of nitrogens with two attached hydrogens (primary N) is 1. The molecule has 1 fully saturated rings. The highest BCUT2D eigenvalue weighted by molar-refractivity contribution is 9.10. The first kappa shape index (κ1) is 11.5. The average Bonchev–Trinajstić information content (AvgIpc) is 2.30. The topological polar surface area (TPSA) is 26.0 Å². The van der Waals surface area contributed by atoms with Gasteiger partial charge in [-0.15, -0.1) is 0 Å². The largest absolute Gasteiger partial charge is 0.330 e. The van der Waals surface area contributed by atoms with E-state index < -0.39 is 0 Å². The third kappa shape index (κ3) is 2.58. The lowest BCUT2D eigenvalue weighted by Gasteiger charge is -2.31. The maximum absolute atomic E-state index is 5.85. The zero-order chi connectivity index (χ0) is 10.7. The SMILES string of the molecule is NCC1CSCCC1c1ccccc1Br. The van der Waals surface area contributed by atoms with Crippen LogP contribution in [0.3, 0.4) is 0 Å². The Bertz CT molecular complexity index is 329. The summed E-state index contributed by atoms with van der Waals surface area (Å²) in [4.78, 5) is 0. The smallest absolute Gasteiger partial charge is 0.0210 e. The van der Waals surface area contributed by atoms with Crippen molar-refractivity contribution in [3.8, 4) is 0 Å². The molecule has 15 heavy (non-hydrogen) atoms. The van der Waals surface area contributed by atoms with Crippen LogP contribution in [0, 0.1) is 5.92 Å². The summed E-state index contributed by atoms with van der Waals surface area (Å²) < 4.78 is 1.24. The first-order chi connectivity index (χ1) is 7.33. The van der Waals surface area contributed by atoms with E-state index in [2.05, 4.69) is 40.2 Å². The van der Waals surface area contributed by atoms with E-state index in [1.54, 1.807) is 0 Å². The van der Waals surface area contributed by atoms with Crippen LogP contribution < -0.4 is 5.73 Å². The van der Waals surface area contributed by atoms with E-state index in [0.29, 0.717) is 11.8 Å². The normalized spacial score (nSPS) is 26.5. The van der Waals surface area contributed by atoms with Gasteiger partial charge in [-0.2, -0.15) is 11.8 Å². The quantitative estimate of drug-likeness (QED) is 0.903. The van der Waals surface area contributed by atoms with Crippen LogP contribution in [0.2, 0.25) is 0 Å². The van der Waals surface area contributed by atoms with Gasteiger partial charge in [0.05, 0.1) is 0 Å². The van der Waals surface area contributed by atoms with Gasteiger partial charge in [0.2, 0.25) is 0 Å². The summed E-state index contributed by atoms with van der Waals surface area (Å²) in [6.45, 7) is 0.805. The Labute approximate surface area is 104 Å². The molecule has 1 aliphatic heterocycles. The molecule has 0 amide bonds. The highest BCUT2D eigenvalue weighted by Gasteiger charge is 2.26. The third-order valence-corrected chi connectivity index (χ3v) is 4.99. The summed E-state index contributed by atoms with van der Waals surface area (Å²) in [5.41, 5.74) is 7.29. The van der Waals surface area contributed by atoms with Gasteiger partial charge in [0, 0.05) is 4.47 Å². The van der Waals surface area contributed by atoms with Crippen LogP contribution in [0.25, 0.3) is 0 Å². The summed E-state index contributed by atoms with van der Waals surface area (Å²) in [6, 6.07) is 8.55. The van der Waals surface area contributed by atoms with E-state index in [9.17, 15) is 0 Å². The molecular weight excluding hydrogens is 270 g/mol. The van der Waals surface area contributed by atoms with Gasteiger partial charge < -0.3 is 5.73 Å². The maximum Gasteiger partial charge on any atom is 0.0210 e. The Morgan fingerprint density at radius 1 is 1.40 bits per heavy atom. The van der Waals surface area contributed by atoms with Crippen molar-refractivity contribution in [2.24, 2.45) is 11.7 Å². The number of hydrogen-bond donors (Lipinski definition) is 1. The van der Waals surface area contributed by atoms with Gasteiger partial charge in [0.15, 0.2) is 0 Å². The Balaban J connectivity index is 2.24. The summed E-state index contributed by atoms with van der Waals surface area (Å²) >= 11 is 5.68. The summed E-state index contributed by atoms with van der Waals surface area (Å²) in [7, 11) is 0. The standard InChI is InChI=1S/C12H16BrNS/c13-12-4-2-1-3-11(12)10-5-6-15-8-9(10)7-14/h1-4,9-10H,5-8,14H2. The third-order valence-electron chi connectivity index (χ3n) is 3.08. The van der Waals surface area contributed by atoms with Crippen LogP contribution >= 0.6 is 27.7 Å². The molecule has 0 radical (unpaired) electrons. The molecule has 0 aromatic heterocycles. The molecule has 2 unspecified atom stereocenters. The predicted octanol–water partition coefficient (Wildman–Crippen LogP) is 3.24. The van der Waals surface area contributed by atoms with Crippen molar-refractivity contribution in [3.05, 3.63) is 34.3 Å². The Morgan fingerprint density at radius 3 is 2.93 bits per heavy atom. The predicted molar refractivity (Wildman–Crippen MR) is 71.4 cm³/mol. The molecule has 0 saturated carbocycles. The minimum atomic E-state index is 0.641. The zero-order valence-electron chi connectivity index (χ0n) is 8.66. The van der Waals surface area contributed by atoms with Crippen molar-refractivity contribution < 1.29 is 0 Å². The zero-order valence-corrected chi connectivity index (χ0v) is 11.1. The molecule has 1 aliphatic rings. The highest BCUT2D eigenvalue weighted by atomic mass is 79.9. The second-order valence-corrected chi connectivity index (χ2v) is 5.99. The van der Waals surface area contributed by atoms with E-state index in [1.807, 2.05) is 11.8 Å². The van der Waals surface area contributed by atoms with Gasteiger partial charge in [0.1, 0.15) is 0 Å². The number of thioether (sulfide) groups is 1. The van der Waals surface area contributed by atoms with Crippen LogP contribution in [0.1, 0.15) is 17.9 Å². The molecule has 1 aromatic rings. The molecule has 0 spiro atoms. The fourth-order valence-corrected chi connectivity index (χ4v) is 4.05. The van der Waals surface area contributed by atoms with Gasteiger partial charge in [-0.1, -0.05) is 34.1 Å². The highest BCUT2D eigenvalue weighted by Crippen LogP contribution is 2.38. The van der Waals surface area contributed by atoms with Gasteiger partial charge in [-0.05, 0) is 47.9 Å². The molecule has 2 rings (SSSR count). The Morgan fingerprint density at radius 2 is 2.20 bits per heavy atom. The van der Waals surface area contributed by atoms with Crippen LogP contribution in [-0.2, 0) is 0 Å². The second-order valence-electron chi connectivity index (χ2n) is 3.99. The fourth-order valence-electron chi connectivity index (χ4n) is 2.21. The van der Waals surface area contributed by atoms with Crippen LogP contribution in [0.4, 0.5) is 0 Å². The molecular formula is C12H16BrNS. The summed E-state index contributed by atoms with van der Waals surface area (Å²) in [6.07, 6.45) is 1.26. The summed E-state index contributed by atoms with van der Waals surface area (Å²) in [5, 5.41) is 0. The Kier molecular flexibility index (Phi) is 4.12. The molecule has 0 aliphatic carbocycles. The van der Waals surface area contributed by atoms with E-state index in [1.165, 1.54) is 28.0 Å². The number of hydrogen-bond acceptors (Lipinski definition) is 2. The molecule has 3 heteroatoms. The lowest BCUT2D eigenvalue weighted by atomic mass is 9.85. The fraction of sp³-hybridized carbons (Fsp3) is 0.500. The van der Waals surface area contributed by atoms with E-state index >= 15 is 0 Å². The first-order valence-electron chi connectivity index (χ1n) is 5.35. The lowest BCUT2D eigenvalue weighted by Crippen LogP contribution is -2.28. The minimum Gasteiger partial charge on any atom is -0.330 e. The first-order valence-corrected chi connectivity index (χ1v) is 7.30. The molecule has 82 valence electrons. The van der Waals surface area contributed by atoms with Crippen LogP contribution in [0.15, 0.2) is 28.7 Å². The van der Waals surface area contributed by atoms with Crippen molar-refractivity contribution in [3.63, 3.8) is 0 Å². The number of benzene rings is 1. The van der Waals surface area contributed by atoms with Crippen molar-refractivity contribution in [1.82, 2.24) is 0 Å². The average molecular weight is 286 g/mol. The summed E-state index contributed by atoms with van der Waals surface area (Å²) in [5.74, 6) is 3.76. The van der Waals surface area contributed by atoms with Crippen molar-refractivity contribution in [2.75, 3.05) is 18.1 Å². The van der Waals surface area contributed by atoms with E-state index in [0.717, 1.165) is 6.54 Å². The number of rotatable bonds is 2. The maximum atomic E-state index is 5.85. The molecule has 1 nitrogen and oxygen atoms in total. The van der Waals surface area contributed by atoms with E-state index in [4.69, 9.17) is 5.73 Å². The molecule has 1 aromatic carbocycles. The Hall–Kier alpha value is 0.01000. The van der Waals surface area contributed by atoms with Gasteiger partial charge in [0.25, 0.3) is 0 Å².